The molecule has 0 aromatic heterocycles. The van der Waals surface area contributed by atoms with Gasteiger partial charge in [0.25, 0.3) is 0 Å². The predicted molar refractivity (Wildman–Crippen MR) is 77.9 cm³/mol. The topological polar surface area (TPSA) is 0 Å². The van der Waals surface area contributed by atoms with Crippen LogP contribution in [-0.2, 0) is 0 Å². The van der Waals surface area contributed by atoms with E-state index in [9.17, 15) is 0 Å². The summed E-state index contributed by atoms with van der Waals surface area (Å²) in [6.45, 7) is 14.9. The SMILES string of the molecule is CC.CC.CC(C)=CCC1(C)CCCCC1. The maximum Gasteiger partial charge on any atom is -0.0291 e. The first-order valence-electron chi connectivity index (χ1n) is 7.26. The third kappa shape index (κ3) is 9.00. The number of allylic oxidation sites excluding steroid dienone is 2. The van der Waals surface area contributed by atoms with Gasteiger partial charge in [-0.25, -0.2) is 0 Å². The van der Waals surface area contributed by atoms with E-state index in [0.717, 1.165) is 0 Å². The van der Waals surface area contributed by atoms with E-state index in [-0.39, 0.29) is 0 Å². The second-order valence-corrected chi connectivity index (χ2v) is 4.86. The van der Waals surface area contributed by atoms with Crippen LogP contribution in [0.2, 0.25) is 0 Å². The summed E-state index contributed by atoms with van der Waals surface area (Å²) in [6.07, 6.45) is 11.0. The number of hydrogen-bond acceptors (Lipinski definition) is 0. The van der Waals surface area contributed by atoms with Crippen molar-refractivity contribution in [3.8, 4) is 0 Å². The lowest BCUT2D eigenvalue weighted by molar-refractivity contribution is 0.219. The predicted octanol–water partition coefficient (Wildman–Crippen LogP) is 6.37. The van der Waals surface area contributed by atoms with Gasteiger partial charge in [0.05, 0.1) is 0 Å². The average molecular weight is 226 g/mol. The van der Waals surface area contributed by atoms with Crippen LogP contribution in [0.4, 0.5) is 0 Å². The van der Waals surface area contributed by atoms with E-state index < -0.39 is 0 Å². The Kier molecular flexibility index (Phi) is 12.7. The quantitative estimate of drug-likeness (QED) is 0.480. The van der Waals surface area contributed by atoms with Crippen molar-refractivity contribution < 1.29 is 0 Å². The zero-order valence-corrected chi connectivity index (χ0v) is 12.8. The molecule has 0 radical (unpaired) electrons. The lowest BCUT2D eigenvalue weighted by atomic mass is 9.73. The van der Waals surface area contributed by atoms with E-state index in [0.29, 0.717) is 5.41 Å². The molecule has 0 nitrogen and oxygen atoms in total. The summed E-state index contributed by atoms with van der Waals surface area (Å²) in [7, 11) is 0. The highest BCUT2D eigenvalue weighted by atomic mass is 14.3. The zero-order chi connectivity index (χ0) is 13.0. The molecule has 0 amide bonds. The summed E-state index contributed by atoms with van der Waals surface area (Å²) in [4.78, 5) is 0. The van der Waals surface area contributed by atoms with Crippen molar-refractivity contribution in [2.45, 2.75) is 87.0 Å². The lowest BCUT2D eigenvalue weighted by Gasteiger charge is -2.32. The van der Waals surface area contributed by atoms with Gasteiger partial charge in [0.15, 0.2) is 0 Å². The highest BCUT2D eigenvalue weighted by Crippen LogP contribution is 2.39. The molecular weight excluding hydrogens is 192 g/mol. The van der Waals surface area contributed by atoms with Crippen LogP contribution in [0.5, 0.6) is 0 Å². The molecule has 0 unspecified atom stereocenters. The Bertz CT molecular complexity index is 155. The van der Waals surface area contributed by atoms with Crippen LogP contribution >= 0.6 is 0 Å². The minimum atomic E-state index is 0.634. The van der Waals surface area contributed by atoms with Crippen LogP contribution in [0.15, 0.2) is 11.6 Å². The minimum Gasteiger partial charge on any atom is -0.0853 e. The molecule has 98 valence electrons. The van der Waals surface area contributed by atoms with Crippen LogP contribution in [-0.4, -0.2) is 0 Å². The van der Waals surface area contributed by atoms with Crippen molar-refractivity contribution in [2.24, 2.45) is 5.41 Å². The Labute approximate surface area is 105 Å². The van der Waals surface area contributed by atoms with Crippen LogP contribution < -0.4 is 0 Å². The van der Waals surface area contributed by atoms with Gasteiger partial charge in [-0.2, -0.15) is 0 Å². The monoisotopic (exact) mass is 226 g/mol. The van der Waals surface area contributed by atoms with Crippen LogP contribution in [0.1, 0.15) is 87.0 Å². The van der Waals surface area contributed by atoms with Crippen molar-refractivity contribution in [1.82, 2.24) is 0 Å². The molecule has 0 bridgehead atoms. The number of hydrogen-bond donors (Lipinski definition) is 0. The smallest absolute Gasteiger partial charge is 0.0291 e. The third-order valence-electron chi connectivity index (χ3n) is 3.06. The van der Waals surface area contributed by atoms with Gasteiger partial charge < -0.3 is 0 Å². The Morgan fingerprint density at radius 3 is 1.75 bits per heavy atom. The summed E-state index contributed by atoms with van der Waals surface area (Å²) < 4.78 is 0. The van der Waals surface area contributed by atoms with Crippen molar-refractivity contribution in [3.05, 3.63) is 11.6 Å². The van der Waals surface area contributed by atoms with Crippen LogP contribution in [0, 0.1) is 5.41 Å². The van der Waals surface area contributed by atoms with Gasteiger partial charge in [0, 0.05) is 0 Å². The Morgan fingerprint density at radius 2 is 1.38 bits per heavy atom. The van der Waals surface area contributed by atoms with Crippen molar-refractivity contribution >= 4 is 0 Å². The highest BCUT2D eigenvalue weighted by Gasteiger charge is 2.24. The summed E-state index contributed by atoms with van der Waals surface area (Å²) in [6, 6.07) is 0. The fourth-order valence-electron chi connectivity index (χ4n) is 2.06. The first-order chi connectivity index (χ1) is 7.62. The van der Waals surface area contributed by atoms with Crippen LogP contribution in [0.25, 0.3) is 0 Å². The number of rotatable bonds is 2. The van der Waals surface area contributed by atoms with E-state index >= 15 is 0 Å². The van der Waals surface area contributed by atoms with E-state index in [4.69, 9.17) is 0 Å². The van der Waals surface area contributed by atoms with E-state index in [2.05, 4.69) is 26.8 Å². The van der Waals surface area contributed by atoms with Crippen molar-refractivity contribution in [1.29, 1.82) is 0 Å². The van der Waals surface area contributed by atoms with E-state index in [1.165, 1.54) is 44.1 Å². The maximum absolute atomic E-state index is 2.45. The molecule has 1 fully saturated rings. The summed E-state index contributed by atoms with van der Waals surface area (Å²) in [5, 5.41) is 0. The average Bonchev–Trinajstić information content (AvgIpc) is 2.33. The van der Waals surface area contributed by atoms with Gasteiger partial charge in [-0.15, -0.1) is 0 Å². The first-order valence-corrected chi connectivity index (χ1v) is 7.26. The molecule has 0 aliphatic heterocycles. The second kappa shape index (κ2) is 11.2. The molecule has 0 spiro atoms. The molecule has 0 N–H and O–H groups in total. The third-order valence-corrected chi connectivity index (χ3v) is 3.06. The highest BCUT2D eigenvalue weighted by molar-refractivity contribution is 4.97. The van der Waals surface area contributed by atoms with E-state index in [1.807, 2.05) is 27.7 Å². The lowest BCUT2D eigenvalue weighted by Crippen LogP contribution is -2.18. The largest absolute Gasteiger partial charge is 0.0853 e. The van der Waals surface area contributed by atoms with Gasteiger partial charge in [-0.3, -0.25) is 0 Å². The molecule has 0 atom stereocenters. The van der Waals surface area contributed by atoms with Gasteiger partial charge in [-0.1, -0.05) is 65.5 Å². The normalized spacial score (nSPS) is 17.2. The molecule has 16 heavy (non-hydrogen) atoms. The summed E-state index contributed by atoms with van der Waals surface area (Å²) in [5.74, 6) is 0. The van der Waals surface area contributed by atoms with Crippen molar-refractivity contribution in [3.63, 3.8) is 0 Å². The van der Waals surface area contributed by atoms with E-state index in [1.54, 1.807) is 0 Å². The zero-order valence-electron chi connectivity index (χ0n) is 12.8. The first kappa shape index (κ1) is 18.1. The van der Waals surface area contributed by atoms with Crippen LogP contribution in [0.3, 0.4) is 0 Å². The molecule has 0 aromatic carbocycles. The van der Waals surface area contributed by atoms with Gasteiger partial charge in [-0.05, 0) is 38.5 Å². The minimum absolute atomic E-state index is 0.634. The molecular formula is C16H34. The molecule has 0 heterocycles. The molecule has 1 aliphatic rings. The summed E-state index contributed by atoms with van der Waals surface area (Å²) in [5.41, 5.74) is 2.11. The molecule has 0 aromatic rings. The molecule has 0 saturated heterocycles. The maximum atomic E-state index is 2.45. The standard InChI is InChI=1S/C12H22.2C2H6/c1-11(2)7-10-12(3)8-5-4-6-9-12;2*1-2/h7H,4-6,8-10H2,1-3H3;2*1-2H3. The Morgan fingerprint density at radius 1 is 0.938 bits per heavy atom. The van der Waals surface area contributed by atoms with Gasteiger partial charge >= 0.3 is 0 Å². The fraction of sp³-hybridized carbons (Fsp3) is 0.875. The summed E-state index contributed by atoms with van der Waals surface area (Å²) >= 11 is 0. The fourth-order valence-corrected chi connectivity index (χ4v) is 2.06. The van der Waals surface area contributed by atoms with Gasteiger partial charge in [0.1, 0.15) is 0 Å². The molecule has 1 aliphatic carbocycles. The van der Waals surface area contributed by atoms with Gasteiger partial charge in [0.2, 0.25) is 0 Å². The Balaban J connectivity index is 0. The molecule has 0 heteroatoms. The molecule has 1 saturated carbocycles. The van der Waals surface area contributed by atoms with Crippen molar-refractivity contribution in [2.75, 3.05) is 0 Å². The Hall–Kier alpha value is -0.260. The second-order valence-electron chi connectivity index (χ2n) is 4.86. The molecule has 1 rings (SSSR count).